The van der Waals surface area contributed by atoms with Gasteiger partial charge in [-0.3, -0.25) is 4.98 Å². The number of carboxylic acid groups (broad SMARTS) is 1. The number of pyridine rings is 1. The quantitative estimate of drug-likeness (QED) is 0.735. The van der Waals surface area contributed by atoms with Crippen molar-refractivity contribution in [2.75, 3.05) is 13.2 Å². The standard InChI is InChI=1S/C14H20N2O3/c17-14(18)12-6-3-7-16-13(12)10-15-8-9-19-11-4-1-2-5-11/h3,6-7,11,15H,1-2,4-5,8-10H2,(H,17,18). The number of rotatable bonds is 7. The Morgan fingerprint density at radius 3 is 3.00 bits per heavy atom. The monoisotopic (exact) mass is 264 g/mol. The van der Waals surface area contributed by atoms with Crippen LogP contribution >= 0.6 is 0 Å². The van der Waals surface area contributed by atoms with E-state index in [-0.39, 0.29) is 5.56 Å². The van der Waals surface area contributed by atoms with Crippen LogP contribution in [0.5, 0.6) is 0 Å². The first-order chi connectivity index (χ1) is 9.27. The molecule has 1 saturated carbocycles. The first-order valence-electron chi connectivity index (χ1n) is 6.77. The van der Waals surface area contributed by atoms with E-state index in [0.717, 1.165) is 0 Å². The molecule has 0 saturated heterocycles. The molecule has 0 aromatic carbocycles. The SMILES string of the molecule is O=C(O)c1cccnc1CNCCOC1CCCC1. The highest BCUT2D eigenvalue weighted by Crippen LogP contribution is 2.20. The summed E-state index contributed by atoms with van der Waals surface area (Å²) in [6, 6.07) is 3.21. The molecule has 2 N–H and O–H groups in total. The maximum absolute atomic E-state index is 11.0. The summed E-state index contributed by atoms with van der Waals surface area (Å²) >= 11 is 0. The smallest absolute Gasteiger partial charge is 0.337 e. The van der Waals surface area contributed by atoms with Crippen LogP contribution in [0.25, 0.3) is 0 Å². The van der Waals surface area contributed by atoms with E-state index in [0.29, 0.717) is 31.5 Å². The molecule has 19 heavy (non-hydrogen) atoms. The van der Waals surface area contributed by atoms with E-state index < -0.39 is 5.97 Å². The number of nitrogens with one attached hydrogen (secondary N) is 1. The predicted molar refractivity (Wildman–Crippen MR) is 71.1 cm³/mol. The van der Waals surface area contributed by atoms with Crippen LogP contribution in [0.1, 0.15) is 41.7 Å². The van der Waals surface area contributed by atoms with Crippen LogP contribution in [-0.4, -0.2) is 35.3 Å². The molecule has 0 aliphatic heterocycles. The molecule has 0 atom stereocenters. The average molecular weight is 264 g/mol. The highest BCUT2D eigenvalue weighted by Gasteiger charge is 2.14. The molecule has 2 rings (SSSR count). The molecule has 1 heterocycles. The maximum atomic E-state index is 11.0. The molecular formula is C14H20N2O3. The summed E-state index contributed by atoms with van der Waals surface area (Å²) in [5, 5.41) is 12.2. The van der Waals surface area contributed by atoms with Crippen molar-refractivity contribution in [2.24, 2.45) is 0 Å². The van der Waals surface area contributed by atoms with Crippen molar-refractivity contribution in [3.8, 4) is 0 Å². The van der Waals surface area contributed by atoms with Crippen LogP contribution in [0.4, 0.5) is 0 Å². The molecule has 5 heteroatoms. The van der Waals surface area contributed by atoms with Crippen LogP contribution in [0.2, 0.25) is 0 Å². The topological polar surface area (TPSA) is 71.5 Å². The minimum absolute atomic E-state index is 0.256. The Kier molecular flexibility index (Phi) is 5.30. The molecule has 1 aliphatic carbocycles. The Morgan fingerprint density at radius 2 is 2.26 bits per heavy atom. The number of nitrogens with zero attached hydrogens (tertiary/aromatic N) is 1. The van der Waals surface area contributed by atoms with E-state index in [1.165, 1.54) is 25.7 Å². The fraction of sp³-hybridized carbons (Fsp3) is 0.571. The summed E-state index contributed by atoms with van der Waals surface area (Å²) in [6.45, 7) is 1.84. The second-order valence-electron chi connectivity index (χ2n) is 4.76. The van der Waals surface area contributed by atoms with Crippen molar-refractivity contribution in [1.82, 2.24) is 10.3 Å². The second kappa shape index (κ2) is 7.21. The molecule has 0 amide bonds. The average Bonchev–Trinajstić information content (AvgIpc) is 2.92. The summed E-state index contributed by atoms with van der Waals surface area (Å²) in [4.78, 5) is 15.1. The van der Waals surface area contributed by atoms with Crippen LogP contribution in [0.15, 0.2) is 18.3 Å². The number of aromatic nitrogens is 1. The second-order valence-corrected chi connectivity index (χ2v) is 4.76. The molecule has 1 aliphatic rings. The van der Waals surface area contributed by atoms with Crippen LogP contribution in [0.3, 0.4) is 0 Å². The van der Waals surface area contributed by atoms with Gasteiger partial charge in [-0.05, 0) is 25.0 Å². The van der Waals surface area contributed by atoms with Gasteiger partial charge < -0.3 is 15.2 Å². The van der Waals surface area contributed by atoms with Crippen molar-refractivity contribution in [2.45, 2.75) is 38.3 Å². The lowest BCUT2D eigenvalue weighted by Gasteiger charge is -2.11. The number of ether oxygens (including phenoxy) is 1. The van der Waals surface area contributed by atoms with Crippen LogP contribution < -0.4 is 5.32 Å². The lowest BCUT2D eigenvalue weighted by molar-refractivity contribution is 0.0602. The Labute approximate surface area is 113 Å². The Hall–Kier alpha value is -1.46. The van der Waals surface area contributed by atoms with E-state index in [4.69, 9.17) is 9.84 Å². The van der Waals surface area contributed by atoms with Gasteiger partial charge in [0, 0.05) is 19.3 Å². The lowest BCUT2D eigenvalue weighted by Crippen LogP contribution is -2.23. The minimum Gasteiger partial charge on any atom is -0.478 e. The molecule has 1 fully saturated rings. The molecule has 1 aromatic heterocycles. The minimum atomic E-state index is -0.938. The third kappa shape index (κ3) is 4.29. The number of hydrogen-bond acceptors (Lipinski definition) is 4. The fourth-order valence-electron chi connectivity index (χ4n) is 2.33. The summed E-state index contributed by atoms with van der Waals surface area (Å²) in [6.07, 6.45) is 6.92. The molecule has 0 bridgehead atoms. The summed E-state index contributed by atoms with van der Waals surface area (Å²) in [5.74, 6) is -0.938. The molecule has 5 nitrogen and oxygen atoms in total. The molecule has 0 unspecified atom stereocenters. The van der Waals surface area contributed by atoms with E-state index in [9.17, 15) is 4.79 Å². The van der Waals surface area contributed by atoms with Gasteiger partial charge in [0.05, 0.1) is 24.0 Å². The normalized spacial score (nSPS) is 15.8. The van der Waals surface area contributed by atoms with Gasteiger partial charge in [0.25, 0.3) is 0 Å². The molecule has 104 valence electrons. The largest absolute Gasteiger partial charge is 0.478 e. The van der Waals surface area contributed by atoms with Gasteiger partial charge in [-0.15, -0.1) is 0 Å². The van der Waals surface area contributed by atoms with Gasteiger partial charge in [-0.2, -0.15) is 0 Å². The summed E-state index contributed by atoms with van der Waals surface area (Å²) < 4.78 is 5.72. The van der Waals surface area contributed by atoms with Gasteiger partial charge in [0.15, 0.2) is 0 Å². The highest BCUT2D eigenvalue weighted by molar-refractivity contribution is 5.88. The number of aromatic carboxylic acids is 1. The van der Waals surface area contributed by atoms with Crippen LogP contribution in [0, 0.1) is 0 Å². The van der Waals surface area contributed by atoms with Gasteiger partial charge in [0.2, 0.25) is 0 Å². The van der Waals surface area contributed by atoms with Crippen molar-refractivity contribution in [3.63, 3.8) is 0 Å². The van der Waals surface area contributed by atoms with Crippen molar-refractivity contribution in [1.29, 1.82) is 0 Å². The first kappa shape index (κ1) is 14.0. The number of carbonyl (C=O) groups is 1. The predicted octanol–water partition coefficient (Wildman–Crippen LogP) is 1.83. The zero-order valence-corrected chi connectivity index (χ0v) is 11.0. The number of hydrogen-bond donors (Lipinski definition) is 2. The third-order valence-corrected chi connectivity index (χ3v) is 3.35. The Morgan fingerprint density at radius 1 is 1.47 bits per heavy atom. The van der Waals surface area contributed by atoms with Gasteiger partial charge >= 0.3 is 5.97 Å². The molecule has 0 radical (unpaired) electrons. The van der Waals surface area contributed by atoms with E-state index in [1.54, 1.807) is 18.3 Å². The summed E-state index contributed by atoms with van der Waals surface area (Å²) in [5.41, 5.74) is 0.822. The highest BCUT2D eigenvalue weighted by atomic mass is 16.5. The van der Waals surface area contributed by atoms with Crippen molar-refractivity contribution in [3.05, 3.63) is 29.6 Å². The van der Waals surface area contributed by atoms with Crippen molar-refractivity contribution < 1.29 is 14.6 Å². The summed E-state index contributed by atoms with van der Waals surface area (Å²) in [7, 11) is 0. The number of carboxylic acids is 1. The lowest BCUT2D eigenvalue weighted by atomic mass is 10.2. The van der Waals surface area contributed by atoms with E-state index in [2.05, 4.69) is 10.3 Å². The van der Waals surface area contributed by atoms with Crippen molar-refractivity contribution >= 4 is 5.97 Å². The zero-order chi connectivity index (χ0) is 13.5. The van der Waals surface area contributed by atoms with Gasteiger partial charge in [-0.25, -0.2) is 4.79 Å². The molecule has 0 spiro atoms. The van der Waals surface area contributed by atoms with Gasteiger partial charge in [-0.1, -0.05) is 12.8 Å². The molecule has 1 aromatic rings. The van der Waals surface area contributed by atoms with Gasteiger partial charge in [0.1, 0.15) is 0 Å². The Bertz CT molecular complexity index is 417. The van der Waals surface area contributed by atoms with E-state index in [1.807, 2.05) is 0 Å². The zero-order valence-electron chi connectivity index (χ0n) is 11.0. The fourth-order valence-corrected chi connectivity index (χ4v) is 2.33. The Balaban J connectivity index is 1.69. The third-order valence-electron chi connectivity index (χ3n) is 3.35. The van der Waals surface area contributed by atoms with Crippen LogP contribution in [-0.2, 0) is 11.3 Å². The first-order valence-corrected chi connectivity index (χ1v) is 6.77. The van der Waals surface area contributed by atoms with E-state index >= 15 is 0 Å². The molecular weight excluding hydrogens is 244 g/mol. The maximum Gasteiger partial charge on any atom is 0.337 e.